The van der Waals surface area contributed by atoms with Crippen LogP contribution in [-0.4, -0.2) is 93.9 Å². The smallest absolute Gasteiger partial charge is 0.314 e. The van der Waals surface area contributed by atoms with Gasteiger partial charge in [-0.15, -0.1) is 0 Å². The molecule has 0 radical (unpaired) electrons. The van der Waals surface area contributed by atoms with Gasteiger partial charge in [-0.1, -0.05) is 6.92 Å². The third kappa shape index (κ3) is 2.60. The summed E-state index contributed by atoms with van der Waals surface area (Å²) in [5, 5.41) is 49.3. The minimum absolute atomic E-state index is 0.0545. The first kappa shape index (κ1) is 18.5. The van der Waals surface area contributed by atoms with Gasteiger partial charge >= 0.3 is 5.97 Å². The molecule has 26 heavy (non-hydrogen) atoms. The summed E-state index contributed by atoms with van der Waals surface area (Å²) < 4.78 is 21.9. The molecule has 1 aliphatic carbocycles. The molecule has 0 aromatic rings. The van der Waals surface area contributed by atoms with Crippen LogP contribution in [0.1, 0.15) is 6.92 Å². The molecule has 3 heterocycles. The minimum atomic E-state index is -1.59. The maximum atomic E-state index is 12.3. The first-order valence-electron chi connectivity index (χ1n) is 8.81. The molecule has 12 atom stereocenters. The predicted molar refractivity (Wildman–Crippen MR) is 80.1 cm³/mol. The number of hydrogen-bond acceptors (Lipinski definition) is 10. The SMILES string of the molecule is C[C@H]1[C@H](O)[C@@H]2OC(=O)[C@@H]3[C@H](O[C@@H]4O[C@H](CO)[C@H](O)[C@H](O)[C@@H]4O)OC[C@H]1[C@H]23. The normalized spacial score (nSPS) is 56.3. The third-order valence-electron chi connectivity index (χ3n) is 6.23. The van der Waals surface area contributed by atoms with Crippen LogP contribution in [0.3, 0.4) is 0 Å². The summed E-state index contributed by atoms with van der Waals surface area (Å²) in [6, 6.07) is 0. The van der Waals surface area contributed by atoms with Crippen LogP contribution in [0.15, 0.2) is 0 Å². The Kier molecular flexibility index (Phi) is 4.73. The molecule has 1 saturated carbocycles. The monoisotopic (exact) mass is 376 g/mol. The Morgan fingerprint density at radius 2 is 1.81 bits per heavy atom. The van der Waals surface area contributed by atoms with Gasteiger partial charge < -0.3 is 44.5 Å². The van der Waals surface area contributed by atoms with Crippen molar-refractivity contribution < 1.29 is 49.3 Å². The first-order valence-corrected chi connectivity index (χ1v) is 8.81. The highest BCUT2D eigenvalue weighted by atomic mass is 16.8. The van der Waals surface area contributed by atoms with Gasteiger partial charge in [-0.05, 0) is 11.8 Å². The van der Waals surface area contributed by atoms with Crippen LogP contribution in [0, 0.1) is 23.7 Å². The van der Waals surface area contributed by atoms with E-state index < -0.39 is 67.7 Å². The largest absolute Gasteiger partial charge is 0.459 e. The van der Waals surface area contributed by atoms with Crippen molar-refractivity contribution in [2.45, 2.75) is 56.1 Å². The van der Waals surface area contributed by atoms with Crippen LogP contribution < -0.4 is 0 Å². The topological polar surface area (TPSA) is 155 Å². The van der Waals surface area contributed by atoms with E-state index in [4.69, 9.17) is 18.9 Å². The van der Waals surface area contributed by atoms with Crippen LogP contribution in [0.5, 0.6) is 0 Å². The highest BCUT2D eigenvalue weighted by molar-refractivity contribution is 5.76. The van der Waals surface area contributed by atoms with E-state index in [1.54, 1.807) is 0 Å². The molecule has 0 spiro atoms. The Morgan fingerprint density at radius 1 is 1.08 bits per heavy atom. The molecule has 3 saturated heterocycles. The number of rotatable bonds is 3. The first-order chi connectivity index (χ1) is 12.3. The van der Waals surface area contributed by atoms with Crippen molar-refractivity contribution in [2.75, 3.05) is 13.2 Å². The van der Waals surface area contributed by atoms with E-state index in [1.165, 1.54) is 0 Å². The summed E-state index contributed by atoms with van der Waals surface area (Å²) in [7, 11) is 0. The summed E-state index contributed by atoms with van der Waals surface area (Å²) in [5.41, 5.74) is 0. The van der Waals surface area contributed by atoms with Gasteiger partial charge in [0.2, 0.25) is 0 Å². The number of carbonyl (C=O) groups excluding carboxylic acids is 1. The summed E-state index contributed by atoms with van der Waals surface area (Å²) in [5.74, 6) is -1.75. The van der Waals surface area contributed by atoms with Crippen LogP contribution >= 0.6 is 0 Å². The number of aliphatic hydroxyl groups excluding tert-OH is 5. The predicted octanol–water partition coefficient (Wildman–Crippen LogP) is -3.06. The second kappa shape index (κ2) is 6.64. The quantitative estimate of drug-likeness (QED) is 0.321. The van der Waals surface area contributed by atoms with Gasteiger partial charge in [0.25, 0.3) is 0 Å². The molecule has 5 N–H and O–H groups in total. The minimum Gasteiger partial charge on any atom is -0.459 e. The summed E-state index contributed by atoms with van der Waals surface area (Å²) >= 11 is 0. The lowest BCUT2D eigenvalue weighted by molar-refractivity contribution is -0.351. The number of hydrogen-bond donors (Lipinski definition) is 5. The summed E-state index contributed by atoms with van der Waals surface area (Å²) in [6.07, 6.45) is -9.67. The van der Waals surface area contributed by atoms with Crippen molar-refractivity contribution in [3.05, 3.63) is 0 Å². The van der Waals surface area contributed by atoms with Crippen molar-refractivity contribution in [1.82, 2.24) is 0 Å². The molecule has 4 fully saturated rings. The molecule has 0 unspecified atom stereocenters. The zero-order chi connectivity index (χ0) is 18.7. The van der Waals surface area contributed by atoms with Gasteiger partial charge in [0.1, 0.15) is 36.4 Å². The van der Waals surface area contributed by atoms with Crippen LogP contribution in [0.4, 0.5) is 0 Å². The maximum Gasteiger partial charge on any atom is 0.314 e. The van der Waals surface area contributed by atoms with Crippen LogP contribution in [0.25, 0.3) is 0 Å². The van der Waals surface area contributed by atoms with Crippen LogP contribution in [0.2, 0.25) is 0 Å². The van der Waals surface area contributed by atoms with E-state index in [1.807, 2.05) is 6.92 Å². The molecular weight excluding hydrogens is 352 g/mol. The Labute approximate surface area is 149 Å². The number of aliphatic hydroxyl groups is 5. The fourth-order valence-corrected chi connectivity index (χ4v) is 4.66. The third-order valence-corrected chi connectivity index (χ3v) is 6.23. The highest BCUT2D eigenvalue weighted by Crippen LogP contribution is 2.52. The number of ether oxygens (including phenoxy) is 4. The van der Waals surface area contributed by atoms with E-state index in [2.05, 4.69) is 0 Å². The zero-order valence-corrected chi connectivity index (χ0v) is 14.1. The van der Waals surface area contributed by atoms with E-state index in [0.29, 0.717) is 0 Å². The average molecular weight is 376 g/mol. The molecule has 4 aliphatic rings. The number of esters is 1. The lowest BCUT2D eigenvalue weighted by Crippen LogP contribution is -2.60. The van der Waals surface area contributed by atoms with Gasteiger partial charge in [0.15, 0.2) is 12.6 Å². The Hall–Kier alpha value is -0.850. The van der Waals surface area contributed by atoms with Crippen molar-refractivity contribution in [1.29, 1.82) is 0 Å². The Bertz CT molecular complexity index is 555. The van der Waals surface area contributed by atoms with E-state index in [0.717, 1.165) is 0 Å². The molecule has 0 aromatic heterocycles. The lowest BCUT2D eigenvalue weighted by atomic mass is 9.80. The standard InChI is InChI=1S/C16H24O10/c1-4-5-3-23-15(8-7(5)13(9(4)18)25-14(8)22)26-16-12(21)11(20)10(19)6(2-17)24-16/h4-13,15-21H,2-3H2,1H3/t4-,5-,6-,7+,8-,9+,10+,11+,12+,13-,15+,16+/m1/s1. The van der Waals surface area contributed by atoms with Gasteiger partial charge in [0, 0.05) is 5.92 Å². The molecule has 3 aliphatic heterocycles. The van der Waals surface area contributed by atoms with E-state index in [-0.39, 0.29) is 24.4 Å². The molecule has 10 heteroatoms. The second-order valence-corrected chi connectivity index (χ2v) is 7.55. The number of carbonyl (C=O) groups is 1. The summed E-state index contributed by atoms with van der Waals surface area (Å²) in [6.45, 7) is 1.54. The fourth-order valence-electron chi connectivity index (χ4n) is 4.66. The molecule has 0 amide bonds. The van der Waals surface area contributed by atoms with Gasteiger partial charge in [-0.3, -0.25) is 4.79 Å². The van der Waals surface area contributed by atoms with Crippen molar-refractivity contribution >= 4 is 5.97 Å². The van der Waals surface area contributed by atoms with Gasteiger partial charge in [-0.25, -0.2) is 0 Å². The second-order valence-electron chi connectivity index (χ2n) is 7.55. The Morgan fingerprint density at radius 3 is 2.50 bits per heavy atom. The molecule has 148 valence electrons. The fraction of sp³-hybridized carbons (Fsp3) is 0.938. The van der Waals surface area contributed by atoms with Gasteiger partial charge in [-0.2, -0.15) is 0 Å². The maximum absolute atomic E-state index is 12.3. The molecule has 4 rings (SSSR count). The van der Waals surface area contributed by atoms with Crippen molar-refractivity contribution in [2.24, 2.45) is 23.7 Å². The van der Waals surface area contributed by atoms with Crippen molar-refractivity contribution in [3.63, 3.8) is 0 Å². The highest BCUT2D eigenvalue weighted by Gasteiger charge is 2.64. The Balaban J connectivity index is 1.51. The molecule has 10 nitrogen and oxygen atoms in total. The van der Waals surface area contributed by atoms with Gasteiger partial charge in [0.05, 0.1) is 19.3 Å². The molecule has 0 aromatic carbocycles. The lowest BCUT2D eigenvalue weighted by Gasteiger charge is -2.43. The van der Waals surface area contributed by atoms with E-state index >= 15 is 0 Å². The van der Waals surface area contributed by atoms with Crippen LogP contribution in [-0.2, 0) is 23.7 Å². The summed E-state index contributed by atoms with van der Waals surface area (Å²) in [4.78, 5) is 12.3. The van der Waals surface area contributed by atoms with Crippen molar-refractivity contribution in [3.8, 4) is 0 Å². The zero-order valence-electron chi connectivity index (χ0n) is 14.1. The molecular formula is C16H24O10. The average Bonchev–Trinajstić information content (AvgIpc) is 3.09. The molecule has 0 bridgehead atoms. The van der Waals surface area contributed by atoms with E-state index in [9.17, 15) is 30.3 Å².